The Morgan fingerprint density at radius 1 is 1.46 bits per heavy atom. The summed E-state index contributed by atoms with van der Waals surface area (Å²) in [5.41, 5.74) is 2.11. The van der Waals surface area contributed by atoms with Gasteiger partial charge in [-0.25, -0.2) is 4.98 Å². The molecule has 2 heterocycles. The zero-order valence-electron chi connectivity index (χ0n) is 7.41. The van der Waals surface area contributed by atoms with E-state index in [0.717, 1.165) is 21.6 Å². The van der Waals surface area contributed by atoms with Crippen LogP contribution in [0.1, 0.15) is 5.69 Å². The SMILES string of the molecule is COc1ccc2c(Br)ncn2c1C. The minimum absolute atomic E-state index is 0.859. The number of aromatic nitrogens is 2. The fraction of sp³-hybridized carbons (Fsp3) is 0.222. The molecule has 0 spiro atoms. The van der Waals surface area contributed by atoms with Gasteiger partial charge >= 0.3 is 0 Å². The predicted octanol–water partition coefficient (Wildman–Crippen LogP) is 2.41. The second-order valence-electron chi connectivity index (χ2n) is 2.78. The van der Waals surface area contributed by atoms with E-state index in [2.05, 4.69) is 20.9 Å². The van der Waals surface area contributed by atoms with Crippen LogP contribution in [-0.4, -0.2) is 16.5 Å². The van der Waals surface area contributed by atoms with E-state index in [1.165, 1.54) is 0 Å². The first kappa shape index (κ1) is 8.56. The van der Waals surface area contributed by atoms with Crippen molar-refractivity contribution in [1.29, 1.82) is 0 Å². The first-order valence-corrected chi connectivity index (χ1v) is 4.69. The van der Waals surface area contributed by atoms with Crippen molar-refractivity contribution in [2.45, 2.75) is 6.92 Å². The first-order valence-electron chi connectivity index (χ1n) is 3.90. The number of ether oxygens (including phenoxy) is 1. The second kappa shape index (κ2) is 3.03. The normalized spacial score (nSPS) is 10.7. The van der Waals surface area contributed by atoms with Crippen molar-refractivity contribution < 1.29 is 4.74 Å². The molecule has 0 radical (unpaired) electrons. The number of pyridine rings is 1. The van der Waals surface area contributed by atoms with Crippen LogP contribution in [0.2, 0.25) is 0 Å². The highest BCUT2D eigenvalue weighted by atomic mass is 79.9. The Labute approximate surface area is 84.5 Å². The Kier molecular flexibility index (Phi) is 2.00. The quantitative estimate of drug-likeness (QED) is 0.766. The average molecular weight is 241 g/mol. The van der Waals surface area contributed by atoms with Gasteiger partial charge in [0.1, 0.15) is 16.7 Å². The van der Waals surface area contributed by atoms with Gasteiger partial charge in [-0.15, -0.1) is 0 Å². The second-order valence-corrected chi connectivity index (χ2v) is 3.53. The molecular weight excluding hydrogens is 232 g/mol. The molecule has 2 aromatic rings. The van der Waals surface area contributed by atoms with Crippen LogP contribution < -0.4 is 4.74 Å². The van der Waals surface area contributed by atoms with Crippen molar-refractivity contribution in [3.05, 3.63) is 28.8 Å². The molecule has 0 aliphatic rings. The van der Waals surface area contributed by atoms with Gasteiger partial charge in [0.25, 0.3) is 0 Å². The van der Waals surface area contributed by atoms with Crippen LogP contribution in [0.25, 0.3) is 5.52 Å². The molecule has 0 amide bonds. The van der Waals surface area contributed by atoms with Gasteiger partial charge in [-0.3, -0.25) is 4.40 Å². The molecule has 0 saturated carbocycles. The zero-order valence-corrected chi connectivity index (χ0v) is 9.00. The van der Waals surface area contributed by atoms with Gasteiger partial charge in [-0.1, -0.05) is 0 Å². The summed E-state index contributed by atoms with van der Waals surface area (Å²) in [6.45, 7) is 2.00. The maximum atomic E-state index is 5.20. The van der Waals surface area contributed by atoms with Crippen molar-refractivity contribution in [2.24, 2.45) is 0 Å². The summed E-state index contributed by atoms with van der Waals surface area (Å²) in [4.78, 5) is 4.16. The summed E-state index contributed by atoms with van der Waals surface area (Å²) in [5.74, 6) is 0.873. The molecule has 13 heavy (non-hydrogen) atoms. The van der Waals surface area contributed by atoms with Gasteiger partial charge in [0.2, 0.25) is 0 Å². The summed E-state index contributed by atoms with van der Waals surface area (Å²) < 4.78 is 8.05. The summed E-state index contributed by atoms with van der Waals surface area (Å²) in [6.07, 6.45) is 1.78. The van der Waals surface area contributed by atoms with E-state index in [0.29, 0.717) is 0 Å². The minimum Gasteiger partial charge on any atom is -0.495 e. The fourth-order valence-electron chi connectivity index (χ4n) is 1.36. The number of nitrogens with zero attached hydrogens (tertiary/aromatic N) is 2. The number of hydrogen-bond acceptors (Lipinski definition) is 2. The topological polar surface area (TPSA) is 26.5 Å². The van der Waals surface area contributed by atoms with Gasteiger partial charge in [-0.05, 0) is 35.0 Å². The van der Waals surface area contributed by atoms with E-state index in [1.54, 1.807) is 13.4 Å². The van der Waals surface area contributed by atoms with Crippen molar-refractivity contribution in [2.75, 3.05) is 7.11 Å². The van der Waals surface area contributed by atoms with Crippen LogP contribution >= 0.6 is 15.9 Å². The van der Waals surface area contributed by atoms with E-state index >= 15 is 0 Å². The molecule has 0 unspecified atom stereocenters. The molecule has 0 aliphatic heterocycles. The highest BCUT2D eigenvalue weighted by molar-refractivity contribution is 9.10. The molecule has 2 aromatic heterocycles. The smallest absolute Gasteiger partial charge is 0.138 e. The molecule has 0 bridgehead atoms. The maximum absolute atomic E-state index is 5.20. The fourth-order valence-corrected chi connectivity index (χ4v) is 1.78. The molecule has 0 aromatic carbocycles. The van der Waals surface area contributed by atoms with Crippen molar-refractivity contribution >= 4 is 21.4 Å². The standard InChI is InChI=1S/C9H9BrN2O/c1-6-8(13-2)4-3-7-9(10)11-5-12(6)7/h3-5H,1-2H3. The third-order valence-electron chi connectivity index (χ3n) is 2.09. The lowest BCUT2D eigenvalue weighted by Gasteiger charge is -2.06. The summed E-state index contributed by atoms with van der Waals surface area (Å²) >= 11 is 3.37. The van der Waals surface area contributed by atoms with E-state index in [4.69, 9.17) is 4.74 Å². The Bertz CT molecular complexity index is 450. The number of imidazole rings is 1. The van der Waals surface area contributed by atoms with Crippen LogP contribution in [0, 0.1) is 6.92 Å². The summed E-state index contributed by atoms with van der Waals surface area (Å²) in [6, 6.07) is 3.92. The first-order chi connectivity index (χ1) is 6.24. The number of hydrogen-bond donors (Lipinski definition) is 0. The number of halogens is 1. The van der Waals surface area contributed by atoms with Gasteiger partial charge in [-0.2, -0.15) is 0 Å². The molecular formula is C9H9BrN2O. The maximum Gasteiger partial charge on any atom is 0.138 e. The Balaban J connectivity index is 2.80. The average Bonchev–Trinajstić information content (AvgIpc) is 2.50. The molecule has 0 fully saturated rings. The molecule has 3 nitrogen and oxygen atoms in total. The highest BCUT2D eigenvalue weighted by Crippen LogP contribution is 2.23. The molecule has 68 valence electrons. The van der Waals surface area contributed by atoms with Gasteiger partial charge in [0, 0.05) is 0 Å². The van der Waals surface area contributed by atoms with E-state index in [9.17, 15) is 0 Å². The van der Waals surface area contributed by atoms with Gasteiger partial charge in [0.15, 0.2) is 0 Å². The Morgan fingerprint density at radius 2 is 2.23 bits per heavy atom. The van der Waals surface area contributed by atoms with Crippen LogP contribution in [0.15, 0.2) is 23.1 Å². The molecule has 0 aliphatic carbocycles. The van der Waals surface area contributed by atoms with E-state index in [1.807, 2.05) is 23.5 Å². The molecule has 0 N–H and O–H groups in total. The van der Waals surface area contributed by atoms with Crippen LogP contribution in [0.3, 0.4) is 0 Å². The van der Waals surface area contributed by atoms with Crippen LogP contribution in [-0.2, 0) is 0 Å². The van der Waals surface area contributed by atoms with E-state index < -0.39 is 0 Å². The van der Waals surface area contributed by atoms with Crippen molar-refractivity contribution in [3.8, 4) is 5.75 Å². The predicted molar refractivity (Wildman–Crippen MR) is 54.2 cm³/mol. The lowest BCUT2D eigenvalue weighted by atomic mass is 10.3. The lowest BCUT2D eigenvalue weighted by Crippen LogP contribution is -1.94. The largest absolute Gasteiger partial charge is 0.495 e. The molecule has 2 rings (SSSR count). The van der Waals surface area contributed by atoms with E-state index in [-0.39, 0.29) is 0 Å². The monoisotopic (exact) mass is 240 g/mol. The number of methoxy groups -OCH3 is 1. The minimum atomic E-state index is 0.859. The van der Waals surface area contributed by atoms with Crippen molar-refractivity contribution in [3.63, 3.8) is 0 Å². The number of aryl methyl sites for hydroxylation is 1. The zero-order chi connectivity index (χ0) is 9.42. The van der Waals surface area contributed by atoms with Crippen molar-refractivity contribution in [1.82, 2.24) is 9.38 Å². The molecule has 0 atom stereocenters. The third kappa shape index (κ3) is 1.21. The third-order valence-corrected chi connectivity index (χ3v) is 2.70. The highest BCUT2D eigenvalue weighted by Gasteiger charge is 2.06. The summed E-state index contributed by atoms with van der Waals surface area (Å²) in [7, 11) is 1.67. The Hall–Kier alpha value is -1.03. The Morgan fingerprint density at radius 3 is 2.92 bits per heavy atom. The molecule has 0 saturated heterocycles. The lowest BCUT2D eigenvalue weighted by molar-refractivity contribution is 0.408. The molecule has 4 heteroatoms. The van der Waals surface area contributed by atoms with Crippen LogP contribution in [0.4, 0.5) is 0 Å². The van der Waals surface area contributed by atoms with Gasteiger partial charge < -0.3 is 4.74 Å². The van der Waals surface area contributed by atoms with Gasteiger partial charge in [0.05, 0.1) is 18.3 Å². The number of fused-ring (bicyclic) bond motifs is 1. The summed E-state index contributed by atoms with van der Waals surface area (Å²) in [5, 5.41) is 0. The number of rotatable bonds is 1. The van der Waals surface area contributed by atoms with Crippen LogP contribution in [0.5, 0.6) is 5.75 Å².